The summed E-state index contributed by atoms with van der Waals surface area (Å²) >= 11 is 0. The van der Waals surface area contributed by atoms with Crippen LogP contribution in [0.15, 0.2) is 12.2 Å². The lowest BCUT2D eigenvalue weighted by Gasteiger charge is -2.42. The van der Waals surface area contributed by atoms with Crippen LogP contribution in [0.25, 0.3) is 0 Å². The number of allylic oxidation sites excluding steroid dienone is 1. The zero-order chi connectivity index (χ0) is 13.8. The molecule has 0 bridgehead atoms. The van der Waals surface area contributed by atoms with Crippen molar-refractivity contribution in [3.8, 4) is 0 Å². The highest BCUT2D eigenvalue weighted by Crippen LogP contribution is 2.56. The molecule has 0 heterocycles. The van der Waals surface area contributed by atoms with E-state index in [0.717, 1.165) is 12.8 Å². The van der Waals surface area contributed by atoms with Crippen molar-refractivity contribution >= 4 is 0 Å². The van der Waals surface area contributed by atoms with Gasteiger partial charge in [0.15, 0.2) is 0 Å². The summed E-state index contributed by atoms with van der Waals surface area (Å²) in [4.78, 5) is 0. The highest BCUT2D eigenvalue weighted by Gasteiger charge is 2.58. The van der Waals surface area contributed by atoms with Crippen LogP contribution >= 0.6 is 0 Å². The number of fused-ring (bicyclic) bond motifs is 1. The fourth-order valence-corrected chi connectivity index (χ4v) is 3.94. The van der Waals surface area contributed by atoms with Gasteiger partial charge in [-0.15, -0.1) is 0 Å². The average Bonchev–Trinajstić information content (AvgIpc) is 2.45. The van der Waals surface area contributed by atoms with Gasteiger partial charge in [0.2, 0.25) is 0 Å². The van der Waals surface area contributed by atoms with Gasteiger partial charge < -0.3 is 15.3 Å². The largest absolute Gasteiger partial charge is 0.393 e. The summed E-state index contributed by atoms with van der Waals surface area (Å²) in [6, 6.07) is 0. The minimum absolute atomic E-state index is 0.107. The Bertz CT molecular complexity index is 361. The molecule has 3 nitrogen and oxygen atoms in total. The molecule has 5 atom stereocenters. The van der Waals surface area contributed by atoms with E-state index in [-0.39, 0.29) is 17.3 Å². The fourth-order valence-electron chi connectivity index (χ4n) is 3.94. The Hall–Kier alpha value is -0.380. The molecule has 0 radical (unpaired) electrons. The molecule has 18 heavy (non-hydrogen) atoms. The first-order valence-electron chi connectivity index (χ1n) is 6.94. The summed E-state index contributed by atoms with van der Waals surface area (Å²) in [5.41, 5.74) is -2.04. The topological polar surface area (TPSA) is 60.7 Å². The van der Waals surface area contributed by atoms with Gasteiger partial charge in [-0.05, 0) is 31.1 Å². The molecule has 0 aromatic carbocycles. The second kappa shape index (κ2) is 4.06. The van der Waals surface area contributed by atoms with E-state index in [1.54, 1.807) is 13.0 Å². The number of hydrogen-bond acceptors (Lipinski definition) is 3. The van der Waals surface area contributed by atoms with E-state index in [1.165, 1.54) is 0 Å². The molecule has 0 aromatic heterocycles. The van der Waals surface area contributed by atoms with E-state index in [4.69, 9.17) is 0 Å². The molecule has 0 saturated heterocycles. The van der Waals surface area contributed by atoms with Crippen LogP contribution in [0.4, 0.5) is 0 Å². The quantitative estimate of drug-likeness (QED) is 0.626. The predicted molar refractivity (Wildman–Crippen MR) is 71.0 cm³/mol. The van der Waals surface area contributed by atoms with Crippen LogP contribution in [-0.2, 0) is 0 Å². The third-order valence-electron chi connectivity index (χ3n) is 5.14. The Morgan fingerprint density at radius 2 is 1.72 bits per heavy atom. The minimum atomic E-state index is -0.981. The van der Waals surface area contributed by atoms with Gasteiger partial charge in [-0.3, -0.25) is 0 Å². The van der Waals surface area contributed by atoms with Crippen molar-refractivity contribution in [1.29, 1.82) is 0 Å². The predicted octanol–water partition coefficient (Wildman–Crippen LogP) is 1.86. The van der Waals surface area contributed by atoms with E-state index in [1.807, 2.05) is 19.9 Å². The molecule has 5 unspecified atom stereocenters. The molecule has 0 aromatic rings. The van der Waals surface area contributed by atoms with Gasteiger partial charge in [0, 0.05) is 12.3 Å². The standard InChI is InChI=1S/C15H26O3/c1-10(2)15(18)8-6-13(3)5-7-14(4,17)9-11(16)12(13)15/h5,7,10-12,16-18H,6,8-9H2,1-4H3. The molecule has 1 fully saturated rings. The zero-order valence-electron chi connectivity index (χ0n) is 11.8. The van der Waals surface area contributed by atoms with Gasteiger partial charge in [-0.1, -0.05) is 32.9 Å². The number of aliphatic hydroxyl groups is 3. The van der Waals surface area contributed by atoms with Crippen molar-refractivity contribution in [2.45, 2.75) is 64.3 Å². The van der Waals surface area contributed by atoms with Gasteiger partial charge in [-0.2, -0.15) is 0 Å². The molecule has 1 saturated carbocycles. The summed E-state index contributed by atoms with van der Waals surface area (Å²) in [5.74, 6) is -0.0920. The third kappa shape index (κ3) is 2.02. The van der Waals surface area contributed by atoms with E-state index in [0.29, 0.717) is 6.42 Å². The summed E-state index contributed by atoms with van der Waals surface area (Å²) < 4.78 is 0. The van der Waals surface area contributed by atoms with Crippen molar-refractivity contribution in [2.75, 3.05) is 0 Å². The average molecular weight is 254 g/mol. The SMILES string of the molecule is CC(C)C1(O)CCC2(C)C=CC(C)(O)CC(O)C21. The Kier molecular flexibility index (Phi) is 3.16. The van der Waals surface area contributed by atoms with Gasteiger partial charge >= 0.3 is 0 Å². The molecule has 2 aliphatic rings. The molecule has 0 amide bonds. The molecule has 0 aliphatic heterocycles. The van der Waals surface area contributed by atoms with Gasteiger partial charge in [0.25, 0.3) is 0 Å². The maximum Gasteiger partial charge on any atom is 0.0824 e. The Morgan fingerprint density at radius 1 is 1.11 bits per heavy atom. The van der Waals surface area contributed by atoms with E-state index >= 15 is 0 Å². The monoisotopic (exact) mass is 254 g/mol. The van der Waals surface area contributed by atoms with Gasteiger partial charge in [0.05, 0.1) is 17.3 Å². The maximum atomic E-state index is 10.9. The van der Waals surface area contributed by atoms with Crippen LogP contribution < -0.4 is 0 Å². The van der Waals surface area contributed by atoms with Crippen LogP contribution in [-0.4, -0.2) is 32.6 Å². The lowest BCUT2D eigenvalue weighted by molar-refractivity contribution is -0.112. The van der Waals surface area contributed by atoms with Crippen molar-refractivity contribution in [3.63, 3.8) is 0 Å². The number of hydrogen-bond donors (Lipinski definition) is 3. The Labute approximate surface area is 110 Å². The van der Waals surface area contributed by atoms with Crippen LogP contribution in [0.5, 0.6) is 0 Å². The molecule has 104 valence electrons. The first kappa shape index (κ1) is 14.0. The van der Waals surface area contributed by atoms with Crippen LogP contribution in [0.2, 0.25) is 0 Å². The molecule has 2 rings (SSSR count). The van der Waals surface area contributed by atoms with E-state index < -0.39 is 17.3 Å². The van der Waals surface area contributed by atoms with Gasteiger partial charge in [-0.25, -0.2) is 0 Å². The fraction of sp³-hybridized carbons (Fsp3) is 0.867. The molecule has 3 heteroatoms. The number of aliphatic hydroxyl groups excluding tert-OH is 1. The summed E-state index contributed by atoms with van der Waals surface area (Å²) in [6.07, 6.45) is 5.00. The molecule has 3 N–H and O–H groups in total. The van der Waals surface area contributed by atoms with Gasteiger partial charge in [0.1, 0.15) is 0 Å². The minimum Gasteiger partial charge on any atom is -0.393 e. The zero-order valence-corrected chi connectivity index (χ0v) is 11.8. The highest BCUT2D eigenvalue weighted by molar-refractivity contribution is 5.20. The van der Waals surface area contributed by atoms with Crippen LogP contribution in [0, 0.1) is 17.3 Å². The van der Waals surface area contributed by atoms with Crippen LogP contribution in [0.1, 0.15) is 47.0 Å². The Balaban J connectivity index is 2.43. The smallest absolute Gasteiger partial charge is 0.0824 e. The first-order valence-corrected chi connectivity index (χ1v) is 6.94. The molecular formula is C15H26O3. The van der Waals surface area contributed by atoms with Crippen molar-refractivity contribution in [2.24, 2.45) is 17.3 Å². The number of rotatable bonds is 1. The summed E-state index contributed by atoms with van der Waals surface area (Å²) in [6.45, 7) is 7.81. The Morgan fingerprint density at radius 3 is 2.28 bits per heavy atom. The second-order valence-corrected chi connectivity index (χ2v) is 7.09. The van der Waals surface area contributed by atoms with Crippen molar-refractivity contribution in [1.82, 2.24) is 0 Å². The molecular weight excluding hydrogens is 228 g/mol. The summed E-state index contributed by atoms with van der Waals surface area (Å²) in [7, 11) is 0. The normalized spacial score (nSPS) is 52.4. The molecule has 0 spiro atoms. The van der Waals surface area contributed by atoms with Crippen molar-refractivity contribution < 1.29 is 15.3 Å². The highest BCUT2D eigenvalue weighted by atomic mass is 16.3. The maximum absolute atomic E-state index is 10.9. The third-order valence-corrected chi connectivity index (χ3v) is 5.14. The second-order valence-electron chi connectivity index (χ2n) is 7.09. The van der Waals surface area contributed by atoms with Crippen molar-refractivity contribution in [3.05, 3.63) is 12.2 Å². The van der Waals surface area contributed by atoms with E-state index in [2.05, 4.69) is 6.92 Å². The van der Waals surface area contributed by atoms with Crippen LogP contribution in [0.3, 0.4) is 0 Å². The first-order chi connectivity index (χ1) is 8.11. The molecule has 2 aliphatic carbocycles. The lowest BCUT2D eigenvalue weighted by Crippen LogP contribution is -2.49. The summed E-state index contributed by atoms with van der Waals surface area (Å²) in [5, 5.41) is 31.6. The lowest BCUT2D eigenvalue weighted by atomic mass is 9.69. The van der Waals surface area contributed by atoms with E-state index in [9.17, 15) is 15.3 Å².